The summed E-state index contributed by atoms with van der Waals surface area (Å²) in [7, 11) is 0. The van der Waals surface area contributed by atoms with Gasteiger partial charge >= 0.3 is 23.9 Å². The zero-order valence-corrected chi connectivity index (χ0v) is 32.3. The van der Waals surface area contributed by atoms with E-state index < -0.39 is 36.5 Å². The van der Waals surface area contributed by atoms with Crippen molar-refractivity contribution in [3.63, 3.8) is 0 Å². The number of hydrogen-bond donors (Lipinski definition) is 0. The van der Waals surface area contributed by atoms with Gasteiger partial charge in [-0.25, -0.2) is 19.2 Å². The molecule has 0 spiro atoms. The van der Waals surface area contributed by atoms with E-state index in [0.717, 1.165) is 84.4 Å². The average molecular weight is 793 g/mol. The summed E-state index contributed by atoms with van der Waals surface area (Å²) >= 11 is 0. The summed E-state index contributed by atoms with van der Waals surface area (Å²) in [5.41, 5.74) is 4.24. The smallest absolute Gasteiger partial charge is 0.340 e. The Bertz CT molecular complexity index is 1790. The highest BCUT2D eigenvalue weighted by Gasteiger charge is 2.34. The second kappa shape index (κ2) is 23.1. The van der Waals surface area contributed by atoms with E-state index in [1.54, 1.807) is 24.3 Å². The molecule has 0 aliphatic carbocycles. The third-order valence-electron chi connectivity index (χ3n) is 8.87. The first-order valence-electron chi connectivity index (χ1n) is 19.2. The van der Waals surface area contributed by atoms with Gasteiger partial charge in [0.2, 0.25) is 0 Å². The fourth-order valence-electron chi connectivity index (χ4n) is 5.70. The molecule has 12 nitrogen and oxygen atoms in total. The van der Waals surface area contributed by atoms with Gasteiger partial charge in [0, 0.05) is 12.2 Å². The molecule has 58 heavy (non-hydrogen) atoms. The van der Waals surface area contributed by atoms with E-state index in [1.807, 2.05) is 72.8 Å². The number of ether oxygens (including phenoxy) is 8. The number of unbranched alkanes of at least 4 members (excludes halogenated alkanes) is 4. The Kier molecular flexibility index (Phi) is 17.1. The first-order chi connectivity index (χ1) is 28.3. The molecule has 4 aromatic rings. The molecule has 0 aromatic heterocycles. The highest BCUT2D eigenvalue weighted by Crippen LogP contribution is 2.26. The Morgan fingerprint density at radius 3 is 1.16 bits per heavy atom. The van der Waals surface area contributed by atoms with E-state index in [1.165, 1.54) is 0 Å². The van der Waals surface area contributed by atoms with Gasteiger partial charge in [-0.05, 0) is 109 Å². The monoisotopic (exact) mass is 792 g/mol. The molecule has 1 aliphatic heterocycles. The Labute approximate surface area is 338 Å². The lowest BCUT2D eigenvalue weighted by atomic mass is 10.0. The standard InChI is InChI=1S/C46H48O12/c1-3-41(47)53-29-9-5-7-27-51-39-23-19-35(20-24-39)33-11-15-37(16-12-33)43(49)57-45-46(56-32-31-55-45)58-44(50)38-17-13-34(14-18-38)36-21-25-40(26-22-36)52-28-8-6-10-30-54-42(48)4-2/h3-4,11-26,45-46H,1-2,5-10,27-32H2/t45-,46-/m1/s1. The molecular formula is C46H48O12. The lowest BCUT2D eigenvalue weighted by molar-refractivity contribution is -0.288. The predicted molar refractivity (Wildman–Crippen MR) is 215 cm³/mol. The van der Waals surface area contributed by atoms with Crippen LogP contribution in [0.25, 0.3) is 22.3 Å². The summed E-state index contributed by atoms with van der Waals surface area (Å²) in [6, 6.07) is 29.1. The van der Waals surface area contributed by atoms with Crippen molar-refractivity contribution in [2.24, 2.45) is 0 Å². The number of carbonyl (C=O) groups is 4. The van der Waals surface area contributed by atoms with E-state index in [-0.39, 0.29) is 24.3 Å². The number of rotatable bonds is 22. The summed E-state index contributed by atoms with van der Waals surface area (Å²) in [5.74, 6) is -0.661. The molecule has 12 heteroatoms. The molecular weight excluding hydrogens is 744 g/mol. The van der Waals surface area contributed by atoms with Gasteiger partial charge in [-0.15, -0.1) is 0 Å². The average Bonchev–Trinajstić information content (AvgIpc) is 3.26. The van der Waals surface area contributed by atoms with Crippen LogP contribution in [0.5, 0.6) is 11.5 Å². The Balaban J connectivity index is 1.04. The van der Waals surface area contributed by atoms with Crippen LogP contribution in [0.15, 0.2) is 122 Å². The van der Waals surface area contributed by atoms with Crippen LogP contribution in [0.1, 0.15) is 59.2 Å². The highest BCUT2D eigenvalue weighted by molar-refractivity contribution is 5.91. The second-order valence-electron chi connectivity index (χ2n) is 13.1. The molecule has 1 aliphatic rings. The van der Waals surface area contributed by atoms with Crippen LogP contribution in [0, 0.1) is 0 Å². The van der Waals surface area contributed by atoms with Crippen molar-refractivity contribution in [1.29, 1.82) is 0 Å². The molecule has 1 heterocycles. The summed E-state index contributed by atoms with van der Waals surface area (Å²) in [4.78, 5) is 48.3. The zero-order chi connectivity index (χ0) is 41.0. The van der Waals surface area contributed by atoms with Crippen molar-refractivity contribution in [2.75, 3.05) is 39.6 Å². The van der Waals surface area contributed by atoms with Crippen LogP contribution in [0.4, 0.5) is 0 Å². The number of carbonyl (C=O) groups excluding carboxylic acids is 4. The maximum absolute atomic E-state index is 13.1. The van der Waals surface area contributed by atoms with Crippen molar-refractivity contribution in [3.05, 3.63) is 133 Å². The van der Waals surface area contributed by atoms with Crippen LogP contribution in [-0.2, 0) is 38.0 Å². The first kappa shape index (κ1) is 42.9. The first-order valence-corrected chi connectivity index (χ1v) is 19.2. The van der Waals surface area contributed by atoms with Gasteiger partial charge in [-0.1, -0.05) is 61.7 Å². The number of hydrogen-bond acceptors (Lipinski definition) is 12. The summed E-state index contributed by atoms with van der Waals surface area (Å²) in [5, 5.41) is 0. The summed E-state index contributed by atoms with van der Waals surface area (Å²) in [6.07, 6.45) is 4.72. The molecule has 2 atom stereocenters. The van der Waals surface area contributed by atoms with Gasteiger partial charge in [0.1, 0.15) is 11.5 Å². The SMILES string of the molecule is C=CC(=O)OCCCCCOc1ccc(-c2ccc(C(=O)O[C@H]3OCCO[C@@H]3OC(=O)c3ccc(-c4ccc(OCCCCCOC(=O)C=C)cc4)cc3)cc2)cc1. The van der Waals surface area contributed by atoms with E-state index >= 15 is 0 Å². The Morgan fingerprint density at radius 2 is 0.810 bits per heavy atom. The molecule has 0 bridgehead atoms. The highest BCUT2D eigenvalue weighted by atomic mass is 16.8. The van der Waals surface area contributed by atoms with E-state index in [9.17, 15) is 19.2 Å². The maximum Gasteiger partial charge on any atom is 0.340 e. The topological polar surface area (TPSA) is 142 Å². The molecule has 0 amide bonds. The van der Waals surface area contributed by atoms with Gasteiger partial charge in [0.25, 0.3) is 12.6 Å². The quantitative estimate of drug-likeness (QED) is 0.0327. The minimum Gasteiger partial charge on any atom is -0.494 e. The van der Waals surface area contributed by atoms with Crippen LogP contribution in [0.2, 0.25) is 0 Å². The van der Waals surface area contributed by atoms with Crippen LogP contribution < -0.4 is 9.47 Å². The third kappa shape index (κ3) is 13.7. The predicted octanol–water partition coefficient (Wildman–Crippen LogP) is 8.29. The third-order valence-corrected chi connectivity index (χ3v) is 8.87. The molecule has 0 radical (unpaired) electrons. The van der Waals surface area contributed by atoms with E-state index in [2.05, 4.69) is 13.2 Å². The van der Waals surface area contributed by atoms with Gasteiger partial charge in [-0.3, -0.25) is 0 Å². The maximum atomic E-state index is 13.1. The van der Waals surface area contributed by atoms with Gasteiger partial charge in [-0.2, -0.15) is 0 Å². The van der Waals surface area contributed by atoms with E-state index in [0.29, 0.717) is 26.4 Å². The molecule has 5 rings (SSSR count). The van der Waals surface area contributed by atoms with Crippen molar-refractivity contribution in [2.45, 2.75) is 51.1 Å². The number of benzene rings is 4. The van der Waals surface area contributed by atoms with Crippen molar-refractivity contribution < 1.29 is 57.1 Å². The van der Waals surface area contributed by atoms with Gasteiger partial charge in [0.05, 0.1) is 50.8 Å². The summed E-state index contributed by atoms with van der Waals surface area (Å²) in [6.45, 7) is 8.89. The fraction of sp³-hybridized carbons (Fsp3) is 0.304. The van der Waals surface area contributed by atoms with Crippen LogP contribution in [0.3, 0.4) is 0 Å². The largest absolute Gasteiger partial charge is 0.494 e. The lowest BCUT2D eigenvalue weighted by Crippen LogP contribution is -2.44. The lowest BCUT2D eigenvalue weighted by Gasteiger charge is -2.30. The normalized spacial score (nSPS) is 14.7. The molecule has 0 unspecified atom stereocenters. The Morgan fingerprint density at radius 1 is 0.483 bits per heavy atom. The molecule has 304 valence electrons. The molecule has 1 saturated heterocycles. The minimum absolute atomic E-state index is 0.158. The van der Waals surface area contributed by atoms with Crippen LogP contribution >= 0.6 is 0 Å². The molecule has 1 fully saturated rings. The van der Waals surface area contributed by atoms with Gasteiger partial charge < -0.3 is 37.9 Å². The molecule has 0 saturated carbocycles. The zero-order valence-electron chi connectivity index (χ0n) is 32.3. The second-order valence-corrected chi connectivity index (χ2v) is 13.1. The van der Waals surface area contributed by atoms with E-state index in [4.69, 9.17) is 37.9 Å². The van der Waals surface area contributed by atoms with Crippen molar-refractivity contribution in [3.8, 4) is 33.8 Å². The Hall–Kier alpha value is -6.24. The number of esters is 4. The minimum atomic E-state index is -1.26. The van der Waals surface area contributed by atoms with Gasteiger partial charge in [0.15, 0.2) is 0 Å². The summed E-state index contributed by atoms with van der Waals surface area (Å²) < 4.78 is 44.0. The molecule has 4 aromatic carbocycles. The molecule has 0 N–H and O–H groups in total. The fourth-order valence-corrected chi connectivity index (χ4v) is 5.70. The van der Waals surface area contributed by atoms with Crippen LogP contribution in [-0.4, -0.2) is 76.1 Å². The van der Waals surface area contributed by atoms with Crippen molar-refractivity contribution in [1.82, 2.24) is 0 Å². The van der Waals surface area contributed by atoms with Crippen molar-refractivity contribution >= 4 is 23.9 Å².